The molecule has 0 radical (unpaired) electrons. The lowest BCUT2D eigenvalue weighted by Crippen LogP contribution is -2.47. The Balaban J connectivity index is 1.29. The van der Waals surface area contributed by atoms with Crippen molar-refractivity contribution in [1.82, 2.24) is 14.9 Å². The van der Waals surface area contributed by atoms with Crippen molar-refractivity contribution in [2.45, 2.75) is 36.1 Å². The number of amides is 2. The molecule has 1 aliphatic heterocycles. The highest BCUT2D eigenvalue weighted by atomic mass is 32.2. The van der Waals surface area contributed by atoms with Crippen LogP contribution in [0.2, 0.25) is 0 Å². The summed E-state index contributed by atoms with van der Waals surface area (Å²) in [7, 11) is -6.75. The number of nitrogens with zero attached hydrogens (tertiary/aromatic N) is 1. The molecule has 3 aromatic rings. The van der Waals surface area contributed by atoms with Crippen molar-refractivity contribution in [2.24, 2.45) is 0 Å². The summed E-state index contributed by atoms with van der Waals surface area (Å²) >= 11 is 0. The van der Waals surface area contributed by atoms with Crippen LogP contribution >= 0.6 is 0 Å². The summed E-state index contributed by atoms with van der Waals surface area (Å²) in [6.07, 6.45) is 2.10. The topological polar surface area (TPSA) is 144 Å². The first-order valence-electron chi connectivity index (χ1n) is 12.4. The van der Waals surface area contributed by atoms with Gasteiger partial charge in [-0.05, 0) is 42.2 Å². The normalized spacial score (nSPS) is 15.0. The molecule has 1 aliphatic rings. The van der Waals surface area contributed by atoms with Gasteiger partial charge in [-0.25, -0.2) is 21.1 Å². The number of benzene rings is 2. The molecule has 0 bridgehead atoms. The summed E-state index contributed by atoms with van der Waals surface area (Å²) in [6.45, 7) is 0.813. The first-order valence-corrected chi connectivity index (χ1v) is 15.9. The van der Waals surface area contributed by atoms with E-state index in [0.717, 1.165) is 17.4 Å². The number of H-pyrrole nitrogens is 1. The van der Waals surface area contributed by atoms with Crippen LogP contribution in [-0.2, 0) is 32.2 Å². The number of sulfonamides is 1. The molecule has 2 heterocycles. The van der Waals surface area contributed by atoms with Crippen molar-refractivity contribution in [3.8, 4) is 0 Å². The fourth-order valence-electron chi connectivity index (χ4n) is 4.28. The van der Waals surface area contributed by atoms with Crippen molar-refractivity contribution < 1.29 is 31.4 Å². The second-order valence-electron chi connectivity index (χ2n) is 9.47. The SMILES string of the molecule is CS(=O)(=O)c1ccc(CNC(=O)c2cccc(C(=O)NC3CCN(S(=O)(=O)Cc4ccccc4)CC3)[nH+]2)cc1. The maximum atomic E-state index is 12.8. The van der Waals surface area contributed by atoms with Gasteiger partial charge in [0.2, 0.25) is 10.0 Å². The van der Waals surface area contributed by atoms with Crippen LogP contribution in [0.15, 0.2) is 77.7 Å². The smallest absolute Gasteiger partial charge is 0.316 e. The number of aromatic amines is 1. The number of sulfone groups is 1. The van der Waals surface area contributed by atoms with Gasteiger partial charge in [0.05, 0.1) is 10.6 Å². The van der Waals surface area contributed by atoms with E-state index in [0.29, 0.717) is 25.9 Å². The quantitative estimate of drug-likeness (QED) is 0.399. The minimum Gasteiger partial charge on any atom is -0.344 e. The van der Waals surface area contributed by atoms with Gasteiger partial charge in [0.15, 0.2) is 9.84 Å². The van der Waals surface area contributed by atoms with Crippen molar-refractivity contribution in [3.63, 3.8) is 0 Å². The molecule has 0 atom stereocenters. The van der Waals surface area contributed by atoms with E-state index >= 15 is 0 Å². The zero-order valence-electron chi connectivity index (χ0n) is 21.5. The van der Waals surface area contributed by atoms with E-state index in [2.05, 4.69) is 15.6 Å². The molecule has 2 aromatic carbocycles. The molecule has 39 heavy (non-hydrogen) atoms. The van der Waals surface area contributed by atoms with Gasteiger partial charge in [-0.1, -0.05) is 42.5 Å². The molecule has 1 aromatic heterocycles. The molecule has 0 unspecified atom stereocenters. The third kappa shape index (κ3) is 7.71. The van der Waals surface area contributed by atoms with Gasteiger partial charge in [-0.3, -0.25) is 9.59 Å². The molecular formula is C27H31N4O6S2+. The Morgan fingerprint density at radius 1 is 0.821 bits per heavy atom. The molecule has 0 aliphatic carbocycles. The van der Waals surface area contributed by atoms with Crippen LogP contribution in [0.4, 0.5) is 0 Å². The second-order valence-corrected chi connectivity index (χ2v) is 13.5. The van der Waals surface area contributed by atoms with Crippen LogP contribution in [-0.4, -0.2) is 58.3 Å². The van der Waals surface area contributed by atoms with Crippen LogP contribution in [0.5, 0.6) is 0 Å². The Morgan fingerprint density at radius 3 is 2.05 bits per heavy atom. The highest BCUT2D eigenvalue weighted by molar-refractivity contribution is 7.90. The molecular weight excluding hydrogens is 540 g/mol. The first-order chi connectivity index (χ1) is 18.5. The molecule has 206 valence electrons. The number of hydrogen-bond acceptors (Lipinski definition) is 6. The maximum absolute atomic E-state index is 12.8. The Morgan fingerprint density at radius 2 is 1.44 bits per heavy atom. The summed E-state index contributed by atoms with van der Waals surface area (Å²) in [5.74, 6) is -0.860. The van der Waals surface area contributed by atoms with E-state index in [1.54, 1.807) is 42.5 Å². The highest BCUT2D eigenvalue weighted by Gasteiger charge is 2.30. The minimum absolute atomic E-state index is 0.0549. The zero-order chi connectivity index (χ0) is 28.0. The Kier molecular flexibility index (Phi) is 8.78. The summed E-state index contributed by atoms with van der Waals surface area (Å²) in [6, 6.07) is 19.8. The zero-order valence-corrected chi connectivity index (χ0v) is 23.1. The average Bonchev–Trinajstić information content (AvgIpc) is 2.92. The van der Waals surface area contributed by atoms with Crippen molar-refractivity contribution >= 4 is 31.7 Å². The number of hydrogen-bond donors (Lipinski definition) is 2. The third-order valence-electron chi connectivity index (χ3n) is 6.46. The average molecular weight is 572 g/mol. The lowest BCUT2D eigenvalue weighted by atomic mass is 10.1. The van der Waals surface area contributed by atoms with Gasteiger partial charge >= 0.3 is 11.8 Å². The van der Waals surface area contributed by atoms with Crippen LogP contribution in [0.1, 0.15) is 44.9 Å². The molecule has 4 rings (SSSR count). The summed E-state index contributed by atoms with van der Waals surface area (Å²) in [5, 5.41) is 5.67. The van der Waals surface area contributed by atoms with Crippen LogP contribution in [0.25, 0.3) is 0 Å². The molecule has 2 amide bonds. The summed E-state index contributed by atoms with van der Waals surface area (Å²) < 4.78 is 50.2. The van der Waals surface area contributed by atoms with Crippen LogP contribution < -0.4 is 15.6 Å². The Hall–Kier alpha value is -3.61. The van der Waals surface area contributed by atoms with Crippen molar-refractivity contribution in [3.05, 3.63) is 95.3 Å². The Labute approximate surface area is 228 Å². The van der Waals surface area contributed by atoms with Gasteiger partial charge in [0.25, 0.3) is 11.4 Å². The molecule has 3 N–H and O–H groups in total. The molecule has 0 saturated carbocycles. The van der Waals surface area contributed by atoms with E-state index in [-0.39, 0.29) is 40.5 Å². The van der Waals surface area contributed by atoms with E-state index in [1.807, 2.05) is 18.2 Å². The fraction of sp³-hybridized carbons (Fsp3) is 0.296. The van der Waals surface area contributed by atoms with Gasteiger partial charge in [0.1, 0.15) is 0 Å². The van der Waals surface area contributed by atoms with E-state index in [1.165, 1.54) is 16.4 Å². The number of rotatable bonds is 9. The van der Waals surface area contributed by atoms with Gasteiger partial charge in [-0.2, -0.15) is 4.98 Å². The van der Waals surface area contributed by atoms with E-state index in [9.17, 15) is 26.4 Å². The molecule has 10 nitrogen and oxygen atoms in total. The number of pyridine rings is 1. The van der Waals surface area contributed by atoms with Crippen LogP contribution in [0, 0.1) is 0 Å². The first kappa shape index (κ1) is 28.4. The Bertz CT molecular complexity index is 1530. The van der Waals surface area contributed by atoms with Gasteiger partial charge in [-0.15, -0.1) is 0 Å². The van der Waals surface area contributed by atoms with Gasteiger partial charge in [0, 0.05) is 44.1 Å². The number of aromatic nitrogens is 1. The predicted molar refractivity (Wildman–Crippen MR) is 145 cm³/mol. The predicted octanol–water partition coefficient (Wildman–Crippen LogP) is 1.56. The lowest BCUT2D eigenvalue weighted by Gasteiger charge is -2.31. The third-order valence-corrected chi connectivity index (χ3v) is 9.44. The summed E-state index contributed by atoms with van der Waals surface area (Å²) in [4.78, 5) is 28.5. The minimum atomic E-state index is -3.45. The number of carbonyl (C=O) groups excluding carboxylic acids is 2. The lowest BCUT2D eigenvalue weighted by molar-refractivity contribution is -0.386. The van der Waals surface area contributed by atoms with Crippen LogP contribution in [0.3, 0.4) is 0 Å². The monoisotopic (exact) mass is 571 g/mol. The largest absolute Gasteiger partial charge is 0.344 e. The van der Waals surface area contributed by atoms with E-state index in [4.69, 9.17) is 0 Å². The number of nitrogens with one attached hydrogen (secondary N) is 3. The fourth-order valence-corrected chi connectivity index (χ4v) is 6.48. The van der Waals surface area contributed by atoms with Crippen molar-refractivity contribution in [2.75, 3.05) is 19.3 Å². The summed E-state index contributed by atoms with van der Waals surface area (Å²) in [5.41, 5.74) is 1.86. The van der Waals surface area contributed by atoms with Gasteiger partial charge < -0.3 is 10.6 Å². The number of carbonyl (C=O) groups is 2. The standard InChI is InChI=1S/C27H30N4O6S2/c1-38(34,35)23-12-10-20(11-13-23)18-28-26(32)24-8-5-9-25(30-24)27(33)29-22-14-16-31(17-15-22)39(36,37)19-21-6-3-2-4-7-21/h2-13,22H,14-19H2,1H3,(H,28,32)(H,29,33)/p+1. The second kappa shape index (κ2) is 12.1. The van der Waals surface area contributed by atoms with E-state index < -0.39 is 25.8 Å². The highest BCUT2D eigenvalue weighted by Crippen LogP contribution is 2.18. The molecule has 1 fully saturated rings. The number of piperidine rings is 1. The molecule has 12 heteroatoms. The molecule has 0 spiro atoms. The maximum Gasteiger partial charge on any atom is 0.316 e. The molecule has 1 saturated heterocycles. The van der Waals surface area contributed by atoms with Crippen molar-refractivity contribution in [1.29, 1.82) is 0 Å².